The molecule has 0 radical (unpaired) electrons. The monoisotopic (exact) mass is 368 g/mol. The summed E-state index contributed by atoms with van der Waals surface area (Å²) in [6.07, 6.45) is 1.41. The number of anilines is 1. The number of benzene rings is 1. The first-order valence-electron chi connectivity index (χ1n) is 8.51. The topological polar surface area (TPSA) is 67.9 Å². The van der Waals surface area contributed by atoms with Crippen molar-refractivity contribution in [3.8, 4) is 5.75 Å². The van der Waals surface area contributed by atoms with Crippen molar-refractivity contribution < 1.29 is 19.1 Å². The van der Waals surface area contributed by atoms with E-state index in [1.54, 1.807) is 25.3 Å². The Morgan fingerprint density at radius 1 is 1.36 bits per heavy atom. The fraction of sp³-hybridized carbons (Fsp3) is 0.556. The highest BCUT2D eigenvalue weighted by Gasteiger charge is 2.30. The second-order valence-corrected chi connectivity index (χ2v) is 6.51. The Bertz CT molecular complexity index is 615. The molecule has 138 valence electrons. The molecule has 1 amide bonds. The summed E-state index contributed by atoms with van der Waals surface area (Å²) in [5, 5.41) is 3.40. The first-order chi connectivity index (χ1) is 12.0. The molecule has 2 rings (SSSR count). The number of rotatable bonds is 6. The molecular weight excluding hydrogens is 344 g/mol. The summed E-state index contributed by atoms with van der Waals surface area (Å²) in [5.74, 6) is 0.225. The van der Waals surface area contributed by atoms with E-state index in [4.69, 9.17) is 21.1 Å². The van der Waals surface area contributed by atoms with Crippen LogP contribution in [-0.4, -0.2) is 49.6 Å². The molecule has 0 spiro atoms. The van der Waals surface area contributed by atoms with Gasteiger partial charge in [-0.2, -0.15) is 0 Å². The largest absolute Gasteiger partial charge is 0.495 e. The number of likely N-dealkylation sites (tertiary alicyclic amines) is 1. The van der Waals surface area contributed by atoms with Crippen molar-refractivity contribution in [1.82, 2.24) is 4.90 Å². The lowest BCUT2D eigenvalue weighted by Crippen LogP contribution is -2.47. The van der Waals surface area contributed by atoms with Crippen molar-refractivity contribution >= 4 is 29.2 Å². The maximum atomic E-state index is 12.6. The third-order valence-corrected chi connectivity index (χ3v) is 4.73. The van der Waals surface area contributed by atoms with E-state index < -0.39 is 0 Å². The smallest absolute Gasteiger partial charge is 0.309 e. The van der Waals surface area contributed by atoms with E-state index in [9.17, 15) is 9.59 Å². The van der Waals surface area contributed by atoms with Crippen LogP contribution in [0.3, 0.4) is 0 Å². The number of hydrogen-bond donors (Lipinski definition) is 1. The zero-order valence-electron chi connectivity index (χ0n) is 14.9. The van der Waals surface area contributed by atoms with E-state index >= 15 is 0 Å². The lowest BCUT2D eigenvalue weighted by Gasteiger charge is -2.34. The highest BCUT2D eigenvalue weighted by atomic mass is 35.5. The van der Waals surface area contributed by atoms with E-state index in [2.05, 4.69) is 10.2 Å². The Morgan fingerprint density at radius 2 is 2.04 bits per heavy atom. The minimum Gasteiger partial charge on any atom is -0.495 e. The van der Waals surface area contributed by atoms with Gasteiger partial charge in [-0.25, -0.2) is 0 Å². The minimum atomic E-state index is -0.313. The van der Waals surface area contributed by atoms with Crippen LogP contribution in [0.4, 0.5) is 5.69 Å². The number of amides is 1. The number of esters is 1. The van der Waals surface area contributed by atoms with Crippen LogP contribution in [0, 0.1) is 5.92 Å². The maximum absolute atomic E-state index is 12.6. The summed E-state index contributed by atoms with van der Waals surface area (Å²) < 4.78 is 10.3. The van der Waals surface area contributed by atoms with Crippen molar-refractivity contribution in [2.45, 2.75) is 32.7 Å². The number of halogens is 1. The van der Waals surface area contributed by atoms with Crippen LogP contribution in [0.25, 0.3) is 0 Å². The maximum Gasteiger partial charge on any atom is 0.309 e. The van der Waals surface area contributed by atoms with Crippen LogP contribution < -0.4 is 10.1 Å². The number of ether oxygens (including phenoxy) is 2. The quantitative estimate of drug-likeness (QED) is 0.782. The van der Waals surface area contributed by atoms with E-state index in [1.165, 1.54) is 0 Å². The first-order valence-corrected chi connectivity index (χ1v) is 8.89. The second kappa shape index (κ2) is 9.06. The molecule has 0 bridgehead atoms. The summed E-state index contributed by atoms with van der Waals surface area (Å²) in [7, 11) is 1.54. The third-order valence-electron chi connectivity index (χ3n) is 4.50. The Kier molecular flexibility index (Phi) is 7.08. The minimum absolute atomic E-state index is 0.0699. The summed E-state index contributed by atoms with van der Waals surface area (Å²) in [5.41, 5.74) is 0.549. The van der Waals surface area contributed by atoms with E-state index in [-0.39, 0.29) is 23.8 Å². The van der Waals surface area contributed by atoms with Crippen LogP contribution >= 0.6 is 11.6 Å². The predicted octanol–water partition coefficient (Wildman–Crippen LogP) is 2.95. The van der Waals surface area contributed by atoms with E-state index in [0.717, 1.165) is 0 Å². The van der Waals surface area contributed by atoms with Crippen molar-refractivity contribution in [2.24, 2.45) is 5.92 Å². The molecule has 1 aromatic carbocycles. The van der Waals surface area contributed by atoms with Crippen molar-refractivity contribution in [3.63, 3.8) is 0 Å². The third kappa shape index (κ3) is 5.09. The van der Waals surface area contributed by atoms with Crippen molar-refractivity contribution in [2.75, 3.05) is 32.1 Å². The number of nitrogens with one attached hydrogen (secondary N) is 1. The zero-order chi connectivity index (χ0) is 18.4. The van der Waals surface area contributed by atoms with Crippen LogP contribution in [0.5, 0.6) is 5.75 Å². The molecule has 1 N–H and O–H groups in total. The van der Waals surface area contributed by atoms with Gasteiger partial charge in [-0.05, 0) is 58.0 Å². The molecule has 1 unspecified atom stereocenters. The van der Waals surface area contributed by atoms with Crippen LogP contribution in [-0.2, 0) is 14.3 Å². The van der Waals surface area contributed by atoms with Gasteiger partial charge >= 0.3 is 5.97 Å². The van der Waals surface area contributed by atoms with Crippen molar-refractivity contribution in [3.05, 3.63) is 23.2 Å². The van der Waals surface area contributed by atoms with Crippen LogP contribution in [0.2, 0.25) is 5.02 Å². The summed E-state index contributed by atoms with van der Waals surface area (Å²) in [6, 6.07) is 4.78. The highest BCUT2D eigenvalue weighted by molar-refractivity contribution is 6.31. The Hall–Kier alpha value is -1.79. The molecule has 7 heteroatoms. The summed E-state index contributed by atoms with van der Waals surface area (Å²) in [6.45, 7) is 5.44. The number of hydrogen-bond acceptors (Lipinski definition) is 5. The molecule has 1 heterocycles. The van der Waals surface area contributed by atoms with Gasteiger partial charge in [-0.15, -0.1) is 0 Å². The Labute approximate surface area is 153 Å². The fourth-order valence-electron chi connectivity index (χ4n) is 2.96. The molecule has 6 nitrogen and oxygen atoms in total. The first kappa shape index (κ1) is 19.5. The van der Waals surface area contributed by atoms with E-state index in [1.807, 2.05) is 13.8 Å². The number of piperidine rings is 1. The molecule has 0 aromatic heterocycles. The molecule has 1 fully saturated rings. The standard InChI is InChI=1S/C18H25ClN2O4/c1-4-25-18(23)13-7-9-21(10-8-13)12(2)17(22)20-15-11-14(19)5-6-16(15)24-3/h5-6,11-13H,4,7-10H2,1-3H3,(H,20,22). The van der Waals surface area contributed by atoms with Crippen LogP contribution in [0.15, 0.2) is 18.2 Å². The summed E-state index contributed by atoms with van der Waals surface area (Å²) in [4.78, 5) is 26.4. The van der Waals surface area contributed by atoms with Gasteiger partial charge in [0.2, 0.25) is 5.91 Å². The Balaban J connectivity index is 1.93. The van der Waals surface area contributed by atoms with Crippen LogP contribution in [0.1, 0.15) is 26.7 Å². The Morgan fingerprint density at radius 3 is 2.64 bits per heavy atom. The lowest BCUT2D eigenvalue weighted by molar-refractivity contribution is -0.149. The van der Waals surface area contributed by atoms with Gasteiger partial charge in [0.25, 0.3) is 0 Å². The van der Waals surface area contributed by atoms with Gasteiger partial charge in [0, 0.05) is 5.02 Å². The van der Waals surface area contributed by atoms with Gasteiger partial charge < -0.3 is 14.8 Å². The zero-order valence-corrected chi connectivity index (χ0v) is 15.6. The molecule has 1 aromatic rings. The molecule has 1 saturated heterocycles. The van der Waals surface area contributed by atoms with Gasteiger partial charge in [0.15, 0.2) is 0 Å². The average Bonchev–Trinajstić information content (AvgIpc) is 2.61. The molecule has 1 atom stereocenters. The van der Waals surface area contributed by atoms with Gasteiger partial charge in [-0.1, -0.05) is 11.6 Å². The lowest BCUT2D eigenvalue weighted by atomic mass is 9.96. The highest BCUT2D eigenvalue weighted by Crippen LogP contribution is 2.28. The fourth-order valence-corrected chi connectivity index (χ4v) is 3.14. The molecule has 0 aliphatic carbocycles. The number of methoxy groups -OCH3 is 1. The van der Waals surface area contributed by atoms with Crippen molar-refractivity contribution in [1.29, 1.82) is 0 Å². The normalized spacial score (nSPS) is 17.0. The SMILES string of the molecule is CCOC(=O)C1CCN(C(C)C(=O)Nc2cc(Cl)ccc2OC)CC1. The second-order valence-electron chi connectivity index (χ2n) is 6.07. The molecular formula is C18H25ClN2O4. The number of nitrogens with zero attached hydrogens (tertiary/aromatic N) is 1. The van der Waals surface area contributed by atoms with Gasteiger partial charge in [0.05, 0.1) is 31.4 Å². The van der Waals surface area contributed by atoms with Gasteiger partial charge in [-0.3, -0.25) is 14.5 Å². The number of carbonyl (C=O) groups excluding carboxylic acids is 2. The van der Waals surface area contributed by atoms with E-state index in [0.29, 0.717) is 49.0 Å². The molecule has 1 aliphatic rings. The molecule has 1 aliphatic heterocycles. The predicted molar refractivity (Wildman–Crippen MR) is 97.0 cm³/mol. The van der Waals surface area contributed by atoms with Gasteiger partial charge in [0.1, 0.15) is 5.75 Å². The summed E-state index contributed by atoms with van der Waals surface area (Å²) >= 11 is 6.00. The number of carbonyl (C=O) groups is 2. The average molecular weight is 369 g/mol. The molecule has 25 heavy (non-hydrogen) atoms. The molecule has 0 saturated carbocycles.